The molecule has 0 bridgehead atoms. The molecule has 3 heterocycles. The van der Waals surface area contributed by atoms with Crippen molar-refractivity contribution in [3.8, 4) is 5.75 Å². The Balaban J connectivity index is 1.40. The first-order valence-electron chi connectivity index (χ1n) is 9.74. The van der Waals surface area contributed by atoms with Gasteiger partial charge in [-0.05, 0) is 42.0 Å². The number of hydrogen-bond acceptors (Lipinski definition) is 5. The molecule has 1 saturated heterocycles. The molecule has 1 spiro atoms. The van der Waals surface area contributed by atoms with Crippen molar-refractivity contribution in [1.82, 2.24) is 15.2 Å². The van der Waals surface area contributed by atoms with Gasteiger partial charge in [0.1, 0.15) is 11.6 Å². The van der Waals surface area contributed by atoms with E-state index in [1.54, 1.807) is 12.1 Å². The van der Waals surface area contributed by atoms with Gasteiger partial charge in [0.2, 0.25) is 0 Å². The lowest BCUT2D eigenvalue weighted by molar-refractivity contribution is -0.0409. The number of H-pyrrole nitrogens is 1. The van der Waals surface area contributed by atoms with E-state index in [1.165, 1.54) is 37.2 Å². The van der Waals surface area contributed by atoms with Gasteiger partial charge < -0.3 is 26.9 Å². The van der Waals surface area contributed by atoms with Crippen LogP contribution < -0.4 is 16.8 Å². The Bertz CT molecular complexity index is 903. The van der Waals surface area contributed by atoms with Gasteiger partial charge in [-0.3, -0.25) is 4.90 Å². The fraction of sp³-hybridized carbons (Fsp3) is 0.429. The van der Waals surface area contributed by atoms with E-state index in [4.69, 9.17) is 11.5 Å². The molecule has 1 aromatic heterocycles. The average Bonchev–Trinajstić information content (AvgIpc) is 2.88. The van der Waals surface area contributed by atoms with Gasteiger partial charge in [0.15, 0.2) is 0 Å². The number of anilines is 1. The predicted octanol–water partition coefficient (Wildman–Crippen LogP) is 1.87. The van der Waals surface area contributed by atoms with Crippen LogP contribution in [0.2, 0.25) is 0 Å². The van der Waals surface area contributed by atoms with Crippen LogP contribution in [0.4, 0.5) is 5.82 Å². The van der Waals surface area contributed by atoms with Gasteiger partial charge in [0, 0.05) is 61.2 Å². The zero-order valence-electron chi connectivity index (χ0n) is 15.5. The Labute approximate surface area is 159 Å². The number of aromatic amines is 1. The third-order valence-corrected chi connectivity index (χ3v) is 6.64. The molecule has 3 aliphatic rings. The van der Waals surface area contributed by atoms with Crippen molar-refractivity contribution in [2.75, 3.05) is 25.4 Å². The lowest BCUT2D eigenvalue weighted by Gasteiger charge is -2.57. The number of aromatic hydroxyl groups is 1. The summed E-state index contributed by atoms with van der Waals surface area (Å²) < 4.78 is 0. The van der Waals surface area contributed by atoms with Crippen LogP contribution in [-0.2, 0) is 13.0 Å². The molecule has 2 fully saturated rings. The Kier molecular flexibility index (Phi) is 3.74. The SMILES string of the molecule is N/C(=C\c1c(N)[nH]c2c1CN(C1CC3(CNC3)C1)CC2)c1ccccc1O. The topological polar surface area (TPSA) is 103 Å². The van der Waals surface area contributed by atoms with Gasteiger partial charge in [-0.15, -0.1) is 0 Å². The smallest absolute Gasteiger partial charge is 0.124 e. The largest absolute Gasteiger partial charge is 0.507 e. The van der Waals surface area contributed by atoms with Crippen molar-refractivity contribution in [2.24, 2.45) is 11.1 Å². The predicted molar refractivity (Wildman–Crippen MR) is 108 cm³/mol. The van der Waals surface area contributed by atoms with Crippen molar-refractivity contribution in [3.63, 3.8) is 0 Å². The molecule has 0 amide bonds. The first kappa shape index (κ1) is 16.7. The Morgan fingerprint density at radius 2 is 2.04 bits per heavy atom. The van der Waals surface area contributed by atoms with E-state index < -0.39 is 0 Å². The normalized spacial score (nSPS) is 22.3. The van der Waals surface area contributed by atoms with Gasteiger partial charge in [-0.25, -0.2) is 0 Å². The van der Waals surface area contributed by atoms with E-state index >= 15 is 0 Å². The third kappa shape index (κ3) is 2.71. The maximum Gasteiger partial charge on any atom is 0.124 e. The number of nitrogens with two attached hydrogens (primary N) is 2. The second-order valence-corrected chi connectivity index (χ2v) is 8.41. The van der Waals surface area contributed by atoms with Gasteiger partial charge in [-0.1, -0.05) is 12.1 Å². The summed E-state index contributed by atoms with van der Waals surface area (Å²) in [5.41, 5.74) is 17.8. The minimum Gasteiger partial charge on any atom is -0.507 e. The van der Waals surface area contributed by atoms with Crippen LogP contribution in [0.5, 0.6) is 5.75 Å². The molecule has 1 aliphatic carbocycles. The molecule has 27 heavy (non-hydrogen) atoms. The number of nitrogen functional groups attached to an aromatic ring is 1. The van der Waals surface area contributed by atoms with E-state index in [2.05, 4.69) is 15.2 Å². The molecule has 0 radical (unpaired) electrons. The highest BCUT2D eigenvalue weighted by atomic mass is 16.3. The van der Waals surface area contributed by atoms with Gasteiger partial charge in [0.05, 0.1) is 0 Å². The zero-order valence-corrected chi connectivity index (χ0v) is 15.5. The molecular formula is C21H27N5O. The molecule has 0 atom stereocenters. The fourth-order valence-electron chi connectivity index (χ4n) is 4.95. The van der Waals surface area contributed by atoms with Crippen LogP contribution in [0.1, 0.15) is 35.2 Å². The number of aromatic nitrogens is 1. The van der Waals surface area contributed by atoms with Crippen molar-refractivity contribution >= 4 is 17.6 Å². The molecule has 2 aliphatic heterocycles. The Morgan fingerprint density at radius 3 is 2.74 bits per heavy atom. The molecule has 7 N–H and O–H groups in total. The van der Waals surface area contributed by atoms with Crippen LogP contribution in [0.15, 0.2) is 24.3 Å². The average molecular weight is 365 g/mol. The number of phenolic OH excluding ortho intramolecular Hbond substituents is 1. The number of para-hydroxylation sites is 1. The highest BCUT2D eigenvalue weighted by Crippen LogP contribution is 2.47. The minimum absolute atomic E-state index is 0.185. The van der Waals surface area contributed by atoms with Gasteiger partial charge >= 0.3 is 0 Å². The van der Waals surface area contributed by atoms with Crippen molar-refractivity contribution in [3.05, 3.63) is 46.6 Å². The van der Waals surface area contributed by atoms with Crippen molar-refractivity contribution < 1.29 is 5.11 Å². The zero-order chi connectivity index (χ0) is 18.6. The summed E-state index contributed by atoms with van der Waals surface area (Å²) in [6.45, 7) is 4.37. The lowest BCUT2D eigenvalue weighted by Crippen LogP contribution is -2.65. The van der Waals surface area contributed by atoms with Crippen molar-refractivity contribution in [2.45, 2.75) is 31.8 Å². The number of nitrogens with zero attached hydrogens (tertiary/aromatic N) is 1. The molecule has 142 valence electrons. The summed E-state index contributed by atoms with van der Waals surface area (Å²) in [5.74, 6) is 0.846. The quantitative estimate of drug-likeness (QED) is 0.571. The lowest BCUT2D eigenvalue weighted by atomic mass is 9.61. The minimum atomic E-state index is 0.185. The molecule has 5 rings (SSSR count). The number of benzene rings is 1. The molecular weight excluding hydrogens is 338 g/mol. The fourth-order valence-corrected chi connectivity index (χ4v) is 4.95. The van der Waals surface area contributed by atoms with Crippen LogP contribution in [0.25, 0.3) is 11.8 Å². The standard InChI is InChI=1S/C21H27N5O/c22-17(14-3-1-2-4-19(14)27)7-15-16-10-26(6-5-18(16)25-20(15)23)13-8-21(9-13)11-24-12-21/h1-4,7,13,24-25,27H,5-6,8-12,22-23H2/b17-7-. The monoisotopic (exact) mass is 365 g/mol. The molecule has 6 heteroatoms. The Morgan fingerprint density at radius 1 is 1.26 bits per heavy atom. The van der Waals surface area contributed by atoms with E-state index in [1.807, 2.05) is 18.2 Å². The molecule has 1 saturated carbocycles. The van der Waals surface area contributed by atoms with E-state index in [9.17, 15) is 5.11 Å². The number of rotatable bonds is 3. The third-order valence-electron chi connectivity index (χ3n) is 6.64. The van der Waals surface area contributed by atoms with Crippen LogP contribution in [0, 0.1) is 5.41 Å². The highest BCUT2D eigenvalue weighted by molar-refractivity contribution is 5.86. The summed E-state index contributed by atoms with van der Waals surface area (Å²) in [4.78, 5) is 5.95. The number of fused-ring (bicyclic) bond motifs is 1. The van der Waals surface area contributed by atoms with E-state index in [-0.39, 0.29) is 5.75 Å². The van der Waals surface area contributed by atoms with E-state index in [0.29, 0.717) is 28.5 Å². The van der Waals surface area contributed by atoms with Crippen LogP contribution >= 0.6 is 0 Å². The highest BCUT2D eigenvalue weighted by Gasteiger charge is 2.50. The molecule has 2 aromatic rings. The first-order valence-corrected chi connectivity index (χ1v) is 9.74. The summed E-state index contributed by atoms with van der Waals surface area (Å²) >= 11 is 0. The van der Waals surface area contributed by atoms with E-state index in [0.717, 1.165) is 25.1 Å². The number of phenols is 1. The summed E-state index contributed by atoms with van der Waals surface area (Å²) in [5, 5.41) is 13.5. The van der Waals surface area contributed by atoms with Crippen LogP contribution in [-0.4, -0.2) is 40.7 Å². The maximum atomic E-state index is 10.1. The maximum absolute atomic E-state index is 10.1. The number of hydrogen-bond donors (Lipinski definition) is 5. The molecule has 6 nitrogen and oxygen atoms in total. The second kappa shape index (κ2) is 6.04. The van der Waals surface area contributed by atoms with Crippen LogP contribution in [0.3, 0.4) is 0 Å². The second-order valence-electron chi connectivity index (χ2n) is 8.41. The van der Waals surface area contributed by atoms with Gasteiger partial charge in [-0.2, -0.15) is 0 Å². The number of nitrogens with one attached hydrogen (secondary N) is 2. The molecule has 0 unspecified atom stereocenters. The summed E-state index contributed by atoms with van der Waals surface area (Å²) in [6, 6.07) is 7.82. The van der Waals surface area contributed by atoms with Gasteiger partial charge in [0.25, 0.3) is 0 Å². The van der Waals surface area contributed by atoms with Crippen molar-refractivity contribution in [1.29, 1.82) is 0 Å². The molecule has 1 aromatic carbocycles. The first-order chi connectivity index (χ1) is 13.0. The summed E-state index contributed by atoms with van der Waals surface area (Å²) in [6.07, 6.45) is 5.51. The Hall–Kier alpha value is -2.44. The summed E-state index contributed by atoms with van der Waals surface area (Å²) in [7, 11) is 0.